The fourth-order valence-corrected chi connectivity index (χ4v) is 2.33. The number of anilines is 2. The van der Waals surface area contributed by atoms with Crippen molar-refractivity contribution in [3.63, 3.8) is 0 Å². The first-order valence-corrected chi connectivity index (χ1v) is 5.63. The molecule has 16 heavy (non-hydrogen) atoms. The van der Waals surface area contributed by atoms with Crippen molar-refractivity contribution in [2.24, 2.45) is 5.92 Å². The Morgan fingerprint density at radius 3 is 2.75 bits per heavy atom. The third-order valence-corrected chi connectivity index (χ3v) is 3.13. The van der Waals surface area contributed by atoms with E-state index in [1.165, 1.54) is 5.56 Å². The predicted octanol–water partition coefficient (Wildman–Crippen LogP) is 2.33. The molecule has 3 nitrogen and oxygen atoms in total. The number of rotatable bonds is 0. The van der Waals surface area contributed by atoms with E-state index in [1.807, 2.05) is 20.9 Å². The summed E-state index contributed by atoms with van der Waals surface area (Å²) >= 11 is 0. The quantitative estimate of drug-likeness (QED) is 0.725. The molecule has 1 aromatic carbocycles. The first kappa shape index (κ1) is 11.0. The van der Waals surface area contributed by atoms with E-state index < -0.39 is 0 Å². The molecule has 1 N–H and O–H groups in total. The van der Waals surface area contributed by atoms with Gasteiger partial charge < -0.3 is 10.2 Å². The number of hydrogen-bond donors (Lipinski definition) is 1. The van der Waals surface area contributed by atoms with Gasteiger partial charge in [-0.05, 0) is 31.0 Å². The molecule has 0 fully saturated rings. The summed E-state index contributed by atoms with van der Waals surface area (Å²) in [6, 6.07) is 4.21. The second-order valence-corrected chi connectivity index (χ2v) is 4.66. The number of fused-ring (bicyclic) bond motifs is 1. The van der Waals surface area contributed by atoms with Gasteiger partial charge in [0.15, 0.2) is 0 Å². The number of nitrogens with one attached hydrogen (secondary N) is 1. The normalized spacial score (nSPS) is 20.1. The highest BCUT2D eigenvalue weighted by molar-refractivity contribution is 6.00. The van der Waals surface area contributed by atoms with Crippen LogP contribution in [0.3, 0.4) is 0 Å². The number of benzene rings is 1. The standard InChI is InChI=1S/C13H18N2O/c1-8-5-9(2)12-11(6-8)14-7-10(3)13(16)15(12)4/h5-6,10,14H,7H2,1-4H3. The van der Waals surface area contributed by atoms with Crippen molar-refractivity contribution in [2.75, 3.05) is 23.8 Å². The second kappa shape index (κ2) is 3.81. The molecule has 2 rings (SSSR count). The summed E-state index contributed by atoms with van der Waals surface area (Å²) in [7, 11) is 1.85. The van der Waals surface area contributed by atoms with Crippen molar-refractivity contribution >= 4 is 17.3 Å². The highest BCUT2D eigenvalue weighted by Crippen LogP contribution is 2.33. The van der Waals surface area contributed by atoms with E-state index in [2.05, 4.69) is 24.4 Å². The van der Waals surface area contributed by atoms with Gasteiger partial charge in [0, 0.05) is 13.6 Å². The van der Waals surface area contributed by atoms with Gasteiger partial charge in [-0.15, -0.1) is 0 Å². The second-order valence-electron chi connectivity index (χ2n) is 4.66. The lowest BCUT2D eigenvalue weighted by Gasteiger charge is -2.21. The van der Waals surface area contributed by atoms with Crippen molar-refractivity contribution in [1.82, 2.24) is 0 Å². The topological polar surface area (TPSA) is 32.3 Å². The number of carbonyl (C=O) groups excluding carboxylic acids is 1. The van der Waals surface area contributed by atoms with Crippen molar-refractivity contribution in [1.29, 1.82) is 0 Å². The van der Waals surface area contributed by atoms with Gasteiger partial charge in [-0.3, -0.25) is 4.79 Å². The van der Waals surface area contributed by atoms with Gasteiger partial charge in [-0.1, -0.05) is 13.0 Å². The fraction of sp³-hybridized carbons (Fsp3) is 0.462. The molecule has 0 saturated carbocycles. The minimum atomic E-state index is 0.0251. The predicted molar refractivity (Wildman–Crippen MR) is 67.0 cm³/mol. The van der Waals surface area contributed by atoms with E-state index in [1.54, 1.807) is 4.90 Å². The molecule has 0 aromatic heterocycles. The summed E-state index contributed by atoms with van der Waals surface area (Å²) in [6.07, 6.45) is 0. The van der Waals surface area contributed by atoms with Gasteiger partial charge in [0.1, 0.15) is 0 Å². The first-order chi connectivity index (χ1) is 7.50. The summed E-state index contributed by atoms with van der Waals surface area (Å²) in [5, 5.41) is 3.35. The Morgan fingerprint density at radius 2 is 2.06 bits per heavy atom. The van der Waals surface area contributed by atoms with Gasteiger partial charge in [-0.2, -0.15) is 0 Å². The van der Waals surface area contributed by atoms with Crippen molar-refractivity contribution in [3.05, 3.63) is 23.3 Å². The lowest BCUT2D eigenvalue weighted by molar-refractivity contribution is -0.121. The third-order valence-electron chi connectivity index (χ3n) is 3.13. The molecule has 86 valence electrons. The zero-order valence-corrected chi connectivity index (χ0v) is 10.3. The summed E-state index contributed by atoms with van der Waals surface area (Å²) in [6.45, 7) is 6.79. The van der Waals surface area contributed by atoms with E-state index in [9.17, 15) is 4.79 Å². The van der Waals surface area contributed by atoms with Crippen LogP contribution >= 0.6 is 0 Å². The Labute approximate surface area is 96.5 Å². The van der Waals surface area contributed by atoms with Crippen LogP contribution in [0.4, 0.5) is 11.4 Å². The molecule has 0 saturated heterocycles. The maximum absolute atomic E-state index is 12.0. The molecule has 1 aliphatic heterocycles. The Bertz CT molecular complexity index is 440. The van der Waals surface area contributed by atoms with E-state index in [0.29, 0.717) is 6.54 Å². The van der Waals surface area contributed by atoms with Crippen LogP contribution in [0.1, 0.15) is 18.1 Å². The number of aryl methyl sites for hydroxylation is 2. The van der Waals surface area contributed by atoms with Crippen LogP contribution in [-0.4, -0.2) is 19.5 Å². The number of amides is 1. The molecule has 0 aliphatic carbocycles. The average Bonchev–Trinajstić information content (AvgIpc) is 2.31. The molecular formula is C13H18N2O. The molecule has 3 heteroatoms. The van der Waals surface area contributed by atoms with E-state index in [-0.39, 0.29) is 11.8 Å². The zero-order valence-electron chi connectivity index (χ0n) is 10.3. The fourth-order valence-electron chi connectivity index (χ4n) is 2.33. The highest BCUT2D eigenvalue weighted by atomic mass is 16.2. The molecule has 1 aliphatic rings. The van der Waals surface area contributed by atoms with Crippen LogP contribution in [0.25, 0.3) is 0 Å². The molecule has 0 spiro atoms. The van der Waals surface area contributed by atoms with E-state index in [4.69, 9.17) is 0 Å². The number of carbonyl (C=O) groups is 1. The van der Waals surface area contributed by atoms with Crippen LogP contribution in [0.15, 0.2) is 12.1 Å². The summed E-state index contributed by atoms with van der Waals surface area (Å²) < 4.78 is 0. The van der Waals surface area contributed by atoms with Gasteiger partial charge in [0.05, 0.1) is 17.3 Å². The zero-order chi connectivity index (χ0) is 11.9. The molecule has 1 amide bonds. The summed E-state index contributed by atoms with van der Waals surface area (Å²) in [4.78, 5) is 13.8. The van der Waals surface area contributed by atoms with Gasteiger partial charge in [-0.25, -0.2) is 0 Å². The highest BCUT2D eigenvalue weighted by Gasteiger charge is 2.25. The van der Waals surface area contributed by atoms with Gasteiger partial charge >= 0.3 is 0 Å². The van der Waals surface area contributed by atoms with E-state index in [0.717, 1.165) is 16.9 Å². The molecule has 1 unspecified atom stereocenters. The summed E-state index contributed by atoms with van der Waals surface area (Å²) in [5.41, 5.74) is 4.45. The first-order valence-electron chi connectivity index (χ1n) is 5.63. The average molecular weight is 218 g/mol. The molecule has 0 bridgehead atoms. The van der Waals surface area contributed by atoms with Crippen LogP contribution in [0.5, 0.6) is 0 Å². The van der Waals surface area contributed by atoms with Crippen LogP contribution in [0.2, 0.25) is 0 Å². The Balaban J connectivity index is 2.57. The SMILES string of the molecule is Cc1cc(C)c2c(c1)NCC(C)C(=O)N2C. The van der Waals surface area contributed by atoms with Gasteiger partial charge in [0.25, 0.3) is 0 Å². The molecule has 1 heterocycles. The van der Waals surface area contributed by atoms with E-state index >= 15 is 0 Å². The van der Waals surface area contributed by atoms with Crippen molar-refractivity contribution in [2.45, 2.75) is 20.8 Å². The third kappa shape index (κ3) is 1.66. The van der Waals surface area contributed by atoms with Crippen LogP contribution in [-0.2, 0) is 4.79 Å². The number of nitrogens with zero attached hydrogens (tertiary/aromatic N) is 1. The lowest BCUT2D eigenvalue weighted by atomic mass is 10.1. The maximum Gasteiger partial charge on any atom is 0.231 e. The molecule has 0 radical (unpaired) electrons. The van der Waals surface area contributed by atoms with Crippen LogP contribution < -0.4 is 10.2 Å². The van der Waals surface area contributed by atoms with Gasteiger partial charge in [0.2, 0.25) is 5.91 Å². The molecule has 1 atom stereocenters. The molecule has 1 aromatic rings. The number of hydrogen-bond acceptors (Lipinski definition) is 2. The smallest absolute Gasteiger partial charge is 0.231 e. The molecular weight excluding hydrogens is 200 g/mol. The minimum Gasteiger partial charge on any atom is -0.383 e. The lowest BCUT2D eigenvalue weighted by Crippen LogP contribution is -2.32. The summed E-state index contributed by atoms with van der Waals surface area (Å²) in [5.74, 6) is 0.204. The Hall–Kier alpha value is -1.51. The van der Waals surface area contributed by atoms with Crippen molar-refractivity contribution < 1.29 is 4.79 Å². The Morgan fingerprint density at radius 1 is 1.38 bits per heavy atom. The Kier molecular flexibility index (Phi) is 2.62. The van der Waals surface area contributed by atoms with Crippen LogP contribution in [0, 0.1) is 19.8 Å². The van der Waals surface area contributed by atoms with Crippen molar-refractivity contribution in [3.8, 4) is 0 Å². The monoisotopic (exact) mass is 218 g/mol. The largest absolute Gasteiger partial charge is 0.383 e. The maximum atomic E-state index is 12.0. The minimum absolute atomic E-state index is 0.0251.